The summed E-state index contributed by atoms with van der Waals surface area (Å²) < 4.78 is 39.2. The number of pyridine rings is 1. The zero-order chi connectivity index (χ0) is 27.9. The van der Waals surface area contributed by atoms with E-state index in [0.717, 1.165) is 5.56 Å². The Morgan fingerprint density at radius 2 is 1.97 bits per heavy atom. The minimum Gasteiger partial charge on any atom is -0.308 e. The van der Waals surface area contributed by atoms with Gasteiger partial charge in [-0.2, -0.15) is 0 Å². The fraction of sp³-hybridized carbons (Fsp3) is 0.367. The summed E-state index contributed by atoms with van der Waals surface area (Å²) in [6.45, 7) is 13.1. The quantitative estimate of drug-likeness (QED) is 0.398. The number of sulfone groups is 1. The van der Waals surface area contributed by atoms with Crippen molar-refractivity contribution in [1.82, 2.24) is 15.0 Å². The molecule has 2 aromatic heterocycles. The van der Waals surface area contributed by atoms with Gasteiger partial charge in [-0.1, -0.05) is 39.0 Å². The number of hydrogen-bond donors (Lipinski definition) is 0. The van der Waals surface area contributed by atoms with Crippen LogP contribution in [0.5, 0.6) is 0 Å². The highest BCUT2D eigenvalue weighted by atomic mass is 32.2. The molecule has 2 heterocycles. The molecule has 0 aliphatic heterocycles. The Bertz CT molecular complexity index is 1660. The Balaban J connectivity index is 1.72. The molecule has 7 nitrogen and oxygen atoms in total. The predicted octanol–water partition coefficient (Wildman–Crippen LogP) is 5.16. The first-order valence-electron chi connectivity index (χ1n) is 13.0. The molecular weight excluding hydrogens is 515 g/mol. The molecule has 200 valence electrons. The van der Waals surface area contributed by atoms with Crippen molar-refractivity contribution in [3.8, 4) is 22.6 Å². The molecule has 5 rings (SSSR count). The molecular formula is C30H29FN4O3S. The lowest BCUT2D eigenvalue weighted by Crippen LogP contribution is -2.46. The third-order valence-electron chi connectivity index (χ3n) is 8.13. The van der Waals surface area contributed by atoms with E-state index in [-0.39, 0.29) is 41.2 Å². The molecule has 0 saturated heterocycles. The second kappa shape index (κ2) is 10.1. The van der Waals surface area contributed by atoms with Gasteiger partial charge in [0, 0.05) is 52.1 Å². The van der Waals surface area contributed by atoms with Gasteiger partial charge in [-0.3, -0.25) is 4.98 Å². The minimum absolute atomic E-state index is 0.0126. The van der Waals surface area contributed by atoms with Crippen molar-refractivity contribution in [2.75, 3.05) is 11.5 Å². The van der Waals surface area contributed by atoms with E-state index in [1.54, 1.807) is 49.5 Å². The van der Waals surface area contributed by atoms with E-state index >= 15 is 4.39 Å². The number of benzene rings is 1. The van der Waals surface area contributed by atoms with Gasteiger partial charge in [-0.15, -0.1) is 0 Å². The average Bonchev–Trinajstić information content (AvgIpc) is 2.94. The maximum absolute atomic E-state index is 15.1. The van der Waals surface area contributed by atoms with Gasteiger partial charge in [0.25, 0.3) is 0 Å². The summed E-state index contributed by atoms with van der Waals surface area (Å²) in [6, 6.07) is 10.0. The van der Waals surface area contributed by atoms with Gasteiger partial charge < -0.3 is 4.79 Å². The van der Waals surface area contributed by atoms with Gasteiger partial charge in [0.2, 0.25) is 5.70 Å². The molecule has 3 aromatic rings. The van der Waals surface area contributed by atoms with E-state index in [9.17, 15) is 13.2 Å². The lowest BCUT2D eigenvalue weighted by atomic mass is 9.58. The van der Waals surface area contributed by atoms with E-state index in [1.807, 2.05) is 13.8 Å². The monoisotopic (exact) mass is 544 g/mol. The van der Waals surface area contributed by atoms with Crippen molar-refractivity contribution < 1.29 is 17.6 Å². The molecule has 0 bridgehead atoms. The topological polar surface area (TPSA) is 94.2 Å². The second-order valence-corrected chi connectivity index (χ2v) is 12.9. The first-order valence-corrected chi connectivity index (χ1v) is 14.9. The van der Waals surface area contributed by atoms with Crippen LogP contribution in [-0.4, -0.2) is 40.7 Å². The fourth-order valence-corrected chi connectivity index (χ4v) is 6.72. The van der Waals surface area contributed by atoms with Gasteiger partial charge in [0.15, 0.2) is 11.6 Å². The molecule has 0 amide bonds. The molecule has 1 aromatic carbocycles. The van der Waals surface area contributed by atoms with Crippen LogP contribution in [0, 0.1) is 24.2 Å². The first kappa shape index (κ1) is 26.8. The maximum atomic E-state index is 15.1. The van der Waals surface area contributed by atoms with Crippen LogP contribution in [0.3, 0.4) is 0 Å². The van der Waals surface area contributed by atoms with E-state index < -0.39 is 21.1 Å². The predicted molar refractivity (Wildman–Crippen MR) is 147 cm³/mol. The summed E-state index contributed by atoms with van der Waals surface area (Å²) in [4.78, 5) is 30.6. The van der Waals surface area contributed by atoms with Gasteiger partial charge in [0.05, 0.1) is 23.7 Å². The number of rotatable bonds is 6. The highest BCUT2D eigenvalue weighted by Gasteiger charge is 2.49. The Morgan fingerprint density at radius 1 is 1.21 bits per heavy atom. The van der Waals surface area contributed by atoms with Crippen LogP contribution in [0.15, 0.2) is 54.4 Å². The van der Waals surface area contributed by atoms with Crippen molar-refractivity contribution in [2.45, 2.75) is 45.4 Å². The molecule has 9 heteroatoms. The number of aryl methyl sites for hydroxylation is 1. The lowest BCUT2D eigenvalue weighted by molar-refractivity contribution is -0.121. The number of Topliss-reactive ketones (excluding diaryl/α,β-unsaturated/α-hetero) is 1. The van der Waals surface area contributed by atoms with Crippen molar-refractivity contribution >= 4 is 15.6 Å². The van der Waals surface area contributed by atoms with E-state index in [4.69, 9.17) is 16.5 Å². The number of aromatic nitrogens is 3. The van der Waals surface area contributed by atoms with E-state index in [1.165, 1.54) is 6.07 Å². The van der Waals surface area contributed by atoms with Crippen molar-refractivity contribution in [2.24, 2.45) is 11.8 Å². The maximum Gasteiger partial charge on any atom is 0.226 e. The third kappa shape index (κ3) is 4.78. The van der Waals surface area contributed by atoms with Crippen LogP contribution >= 0.6 is 0 Å². The molecule has 3 atom stereocenters. The normalized spacial score (nSPS) is 22.4. The molecule has 0 spiro atoms. The van der Waals surface area contributed by atoms with Gasteiger partial charge in [-0.05, 0) is 43.0 Å². The van der Waals surface area contributed by atoms with Crippen molar-refractivity contribution in [1.29, 1.82) is 0 Å². The molecule has 0 unspecified atom stereocenters. The average molecular weight is 545 g/mol. The molecule has 39 heavy (non-hydrogen) atoms. The van der Waals surface area contributed by atoms with Crippen LogP contribution in [0.4, 0.5) is 4.39 Å². The molecule has 0 N–H and O–H groups in total. The Morgan fingerprint density at radius 3 is 2.69 bits per heavy atom. The minimum atomic E-state index is -3.16. The van der Waals surface area contributed by atoms with Crippen LogP contribution in [0.25, 0.3) is 27.5 Å². The lowest BCUT2D eigenvalue weighted by Gasteiger charge is -2.46. The summed E-state index contributed by atoms with van der Waals surface area (Å²) >= 11 is 0. The fourth-order valence-electron chi connectivity index (χ4n) is 5.91. The Hall–Kier alpha value is -3.77. The number of allylic oxidation sites excluding steroid dienone is 2. The summed E-state index contributed by atoms with van der Waals surface area (Å²) in [6.07, 6.45) is 4.85. The number of hydrogen-bond acceptors (Lipinski definition) is 6. The van der Waals surface area contributed by atoms with Crippen LogP contribution in [0.1, 0.15) is 44.1 Å². The van der Waals surface area contributed by atoms with Crippen LogP contribution in [-0.2, 0) is 32.9 Å². The zero-order valence-corrected chi connectivity index (χ0v) is 22.9. The van der Waals surface area contributed by atoms with Gasteiger partial charge in [0.1, 0.15) is 15.7 Å². The molecule has 0 saturated carbocycles. The van der Waals surface area contributed by atoms with Gasteiger partial charge >= 0.3 is 0 Å². The molecule has 2 aliphatic carbocycles. The largest absolute Gasteiger partial charge is 0.308 e. The molecule has 2 aliphatic rings. The number of carbonyl (C=O) groups is 1. The van der Waals surface area contributed by atoms with Crippen LogP contribution < -0.4 is 0 Å². The number of halogens is 1. The highest BCUT2D eigenvalue weighted by molar-refractivity contribution is 7.91. The van der Waals surface area contributed by atoms with Gasteiger partial charge in [-0.25, -0.2) is 27.6 Å². The Labute approximate surface area is 228 Å². The number of ketones is 1. The van der Waals surface area contributed by atoms with Crippen molar-refractivity contribution in [3.05, 3.63) is 88.6 Å². The van der Waals surface area contributed by atoms with E-state index in [0.29, 0.717) is 46.9 Å². The first-order chi connectivity index (χ1) is 18.6. The summed E-state index contributed by atoms with van der Waals surface area (Å²) in [5.74, 6) is -0.554. The second-order valence-electron chi connectivity index (χ2n) is 10.4. The van der Waals surface area contributed by atoms with Crippen molar-refractivity contribution in [3.63, 3.8) is 0 Å². The number of fused-ring (bicyclic) bond motifs is 3. The number of nitrogens with zero attached hydrogens (tertiary/aromatic N) is 4. The highest BCUT2D eigenvalue weighted by Crippen LogP contribution is 2.51. The molecule has 0 fully saturated rings. The summed E-state index contributed by atoms with van der Waals surface area (Å²) in [7, 11) is -3.16. The third-order valence-corrected chi connectivity index (χ3v) is 9.84. The Kier molecular flexibility index (Phi) is 6.93. The zero-order valence-electron chi connectivity index (χ0n) is 22.1. The SMILES string of the molecule is [C-]#[N+]C1=C[C@@]2(C)c3nc(-c4ccnc(CCS(=O)(=O)CC)c4)nc(-c4ccccc4F)c3CC[C@@H]2[C@@H](C)C1=O. The summed E-state index contributed by atoms with van der Waals surface area (Å²) in [5, 5.41) is 0. The smallest absolute Gasteiger partial charge is 0.226 e. The molecule has 0 radical (unpaired) electrons. The number of carbonyl (C=O) groups excluding carboxylic acids is 1. The van der Waals surface area contributed by atoms with Crippen LogP contribution in [0.2, 0.25) is 0 Å². The standard InChI is InChI=1S/C30H29FN4O3S/c1-5-39(37,38)15-13-20-16-19(12-14-33-20)29-34-26(21-8-6-7-9-24(21)31)22-10-11-23-18(2)27(36)25(32-4)17-30(23,3)28(22)35-29/h6-9,12,14,16-18,23H,5,10-11,13,15H2,1-3H3/t18-,23-,30-/m1/s1. The van der Waals surface area contributed by atoms with E-state index in [2.05, 4.69) is 9.83 Å². The summed E-state index contributed by atoms with van der Waals surface area (Å²) in [5.41, 5.74) is 2.96.